The predicted molar refractivity (Wildman–Crippen MR) is 86.1 cm³/mol. The molecule has 1 aromatic heterocycles. The molecule has 0 aliphatic rings. The lowest BCUT2D eigenvalue weighted by Gasteiger charge is -2.11. The van der Waals surface area contributed by atoms with Crippen LogP contribution in [0.2, 0.25) is 0 Å². The van der Waals surface area contributed by atoms with Crippen LogP contribution in [-0.2, 0) is 29.9 Å². The molecule has 1 aromatic carbocycles. The highest BCUT2D eigenvalue weighted by Crippen LogP contribution is 2.25. The highest BCUT2D eigenvalue weighted by Gasteiger charge is 2.27. The third-order valence-electron chi connectivity index (χ3n) is 3.58. The molecule has 9 heteroatoms. The molecular weight excluding hydrogens is 337 g/mol. The molecule has 0 radical (unpaired) electrons. The number of aromatic carboxylic acids is 1. The summed E-state index contributed by atoms with van der Waals surface area (Å²) >= 11 is 0. The largest absolute Gasteiger partial charge is 0.478 e. The number of nitrogens with zero attached hydrogens (tertiary/aromatic N) is 2. The highest BCUT2D eigenvalue weighted by molar-refractivity contribution is 7.92. The quantitative estimate of drug-likeness (QED) is 0.827. The number of aromatic nitrogens is 2. The maximum atomic E-state index is 14.0. The number of carbonyl (C=O) groups is 1. The summed E-state index contributed by atoms with van der Waals surface area (Å²) in [4.78, 5) is 10.9. The van der Waals surface area contributed by atoms with Gasteiger partial charge in [-0.2, -0.15) is 5.10 Å². The van der Waals surface area contributed by atoms with Gasteiger partial charge in [0.15, 0.2) is 0 Å². The van der Waals surface area contributed by atoms with Gasteiger partial charge in [-0.15, -0.1) is 0 Å². The first-order chi connectivity index (χ1) is 11.2. The number of hydrogen-bond donors (Lipinski definition) is 2. The van der Waals surface area contributed by atoms with E-state index in [-0.39, 0.29) is 16.1 Å². The van der Waals surface area contributed by atoms with Crippen molar-refractivity contribution in [3.63, 3.8) is 0 Å². The van der Waals surface area contributed by atoms with Gasteiger partial charge in [0.2, 0.25) is 0 Å². The number of aryl methyl sites for hydroxylation is 2. The summed E-state index contributed by atoms with van der Waals surface area (Å²) in [5, 5.41) is 13.0. The van der Waals surface area contributed by atoms with E-state index in [2.05, 4.69) is 9.82 Å². The van der Waals surface area contributed by atoms with E-state index < -0.39 is 21.8 Å². The molecule has 0 saturated carbocycles. The molecule has 1 heterocycles. The summed E-state index contributed by atoms with van der Waals surface area (Å²) in [7, 11) is -2.40. The number of anilines is 1. The first-order valence-electron chi connectivity index (χ1n) is 7.31. The van der Waals surface area contributed by atoms with Gasteiger partial charge in [-0.3, -0.25) is 9.40 Å². The smallest absolute Gasteiger partial charge is 0.335 e. The summed E-state index contributed by atoms with van der Waals surface area (Å²) in [6, 6.07) is 2.99. The lowest BCUT2D eigenvalue weighted by atomic mass is 10.2. The predicted octanol–water partition coefficient (Wildman–Crippen LogP) is 2.18. The molecule has 0 spiro atoms. The minimum absolute atomic E-state index is 0.0386. The Balaban J connectivity index is 2.48. The number of benzene rings is 1. The van der Waals surface area contributed by atoms with E-state index in [1.54, 1.807) is 20.9 Å². The average molecular weight is 355 g/mol. The fourth-order valence-corrected chi connectivity index (χ4v) is 4.10. The molecule has 0 aliphatic heterocycles. The molecule has 2 rings (SSSR count). The fraction of sp³-hybridized carbons (Fsp3) is 0.333. The van der Waals surface area contributed by atoms with E-state index >= 15 is 0 Å². The zero-order valence-electron chi connectivity index (χ0n) is 13.5. The van der Waals surface area contributed by atoms with Crippen LogP contribution in [0.5, 0.6) is 0 Å². The zero-order chi connectivity index (χ0) is 18.1. The molecule has 0 atom stereocenters. The molecule has 0 bridgehead atoms. The lowest BCUT2D eigenvalue weighted by molar-refractivity contribution is 0.0696. The van der Waals surface area contributed by atoms with Gasteiger partial charge < -0.3 is 5.11 Å². The van der Waals surface area contributed by atoms with Crippen molar-refractivity contribution < 1.29 is 22.7 Å². The molecule has 2 aromatic rings. The second-order valence-electron chi connectivity index (χ2n) is 5.16. The molecule has 0 aliphatic carbocycles. The van der Waals surface area contributed by atoms with Gasteiger partial charge in [0, 0.05) is 7.05 Å². The highest BCUT2D eigenvalue weighted by atomic mass is 32.2. The Labute approximate surface area is 139 Å². The topological polar surface area (TPSA) is 101 Å². The van der Waals surface area contributed by atoms with Gasteiger partial charge in [-0.1, -0.05) is 13.8 Å². The van der Waals surface area contributed by atoms with E-state index in [4.69, 9.17) is 5.11 Å². The Morgan fingerprint density at radius 1 is 1.33 bits per heavy atom. The summed E-state index contributed by atoms with van der Waals surface area (Å²) in [5.41, 5.74) is 0.333. The molecule has 2 N–H and O–H groups in total. The Kier molecular flexibility index (Phi) is 4.93. The fourth-order valence-electron chi connectivity index (χ4n) is 2.46. The van der Waals surface area contributed by atoms with Crippen molar-refractivity contribution in [2.24, 2.45) is 7.05 Å². The van der Waals surface area contributed by atoms with Crippen LogP contribution in [0.15, 0.2) is 23.1 Å². The van der Waals surface area contributed by atoms with E-state index in [1.165, 1.54) is 4.68 Å². The first kappa shape index (κ1) is 17.9. The van der Waals surface area contributed by atoms with Crippen molar-refractivity contribution in [2.75, 3.05) is 4.72 Å². The van der Waals surface area contributed by atoms with Gasteiger partial charge in [-0.25, -0.2) is 17.6 Å². The van der Waals surface area contributed by atoms with E-state index in [9.17, 15) is 17.6 Å². The summed E-state index contributed by atoms with van der Waals surface area (Å²) in [5.74, 6) is -2.25. The monoisotopic (exact) mass is 355 g/mol. The lowest BCUT2D eigenvalue weighted by Crippen LogP contribution is -2.17. The Morgan fingerprint density at radius 3 is 2.50 bits per heavy atom. The molecule has 0 saturated heterocycles. The summed E-state index contributed by atoms with van der Waals surface area (Å²) < 4.78 is 43.1. The zero-order valence-corrected chi connectivity index (χ0v) is 14.3. The van der Waals surface area contributed by atoms with Crippen LogP contribution in [0.4, 0.5) is 10.1 Å². The second-order valence-corrected chi connectivity index (χ2v) is 6.78. The molecule has 7 nitrogen and oxygen atoms in total. The number of nitrogens with one attached hydrogen (secondary N) is 1. The number of carboxylic acids is 1. The third kappa shape index (κ3) is 3.25. The van der Waals surface area contributed by atoms with Crippen LogP contribution in [-0.4, -0.2) is 29.3 Å². The molecule has 130 valence electrons. The Morgan fingerprint density at radius 2 is 2.00 bits per heavy atom. The molecular formula is C15H18FN3O4S. The van der Waals surface area contributed by atoms with Gasteiger partial charge >= 0.3 is 5.97 Å². The molecule has 0 fully saturated rings. The number of halogens is 1. The normalized spacial score (nSPS) is 11.5. The maximum absolute atomic E-state index is 14.0. The third-order valence-corrected chi connectivity index (χ3v) is 5.08. The van der Waals surface area contributed by atoms with Crippen LogP contribution < -0.4 is 4.72 Å². The first-order valence-corrected chi connectivity index (χ1v) is 8.80. The van der Waals surface area contributed by atoms with Crippen molar-refractivity contribution in [1.82, 2.24) is 9.78 Å². The molecule has 0 amide bonds. The van der Waals surface area contributed by atoms with Crippen molar-refractivity contribution in [3.8, 4) is 0 Å². The molecule has 24 heavy (non-hydrogen) atoms. The maximum Gasteiger partial charge on any atom is 0.335 e. The standard InChI is InChI=1S/C15H18FN3O4S/c1-4-11-14(13(5-2)19(3)17-11)24(22,23)18-12-7-6-9(15(20)21)8-10(12)16/h6-8,18H,4-5H2,1-3H3,(H,20,21). The summed E-state index contributed by atoms with van der Waals surface area (Å²) in [6.07, 6.45) is 0.852. The SMILES string of the molecule is CCc1nn(C)c(CC)c1S(=O)(=O)Nc1ccc(C(=O)O)cc1F. The van der Waals surface area contributed by atoms with Crippen molar-refractivity contribution >= 4 is 21.7 Å². The Bertz CT molecular complexity index is 890. The van der Waals surface area contributed by atoms with E-state index in [0.29, 0.717) is 24.2 Å². The van der Waals surface area contributed by atoms with Crippen LogP contribution in [0.1, 0.15) is 35.6 Å². The van der Waals surface area contributed by atoms with Crippen LogP contribution in [0.25, 0.3) is 0 Å². The van der Waals surface area contributed by atoms with Crippen LogP contribution in [0.3, 0.4) is 0 Å². The van der Waals surface area contributed by atoms with Gasteiger partial charge in [0.05, 0.1) is 22.6 Å². The van der Waals surface area contributed by atoms with Crippen LogP contribution in [0, 0.1) is 5.82 Å². The van der Waals surface area contributed by atoms with Crippen LogP contribution >= 0.6 is 0 Å². The minimum Gasteiger partial charge on any atom is -0.478 e. The number of rotatable bonds is 6. The number of carboxylic acid groups (broad SMARTS) is 1. The average Bonchev–Trinajstić information content (AvgIpc) is 2.85. The van der Waals surface area contributed by atoms with Crippen molar-refractivity contribution in [3.05, 3.63) is 41.0 Å². The van der Waals surface area contributed by atoms with Gasteiger partial charge in [0.1, 0.15) is 10.7 Å². The number of sulfonamides is 1. The minimum atomic E-state index is -4.05. The van der Waals surface area contributed by atoms with Gasteiger partial charge in [0.25, 0.3) is 10.0 Å². The molecule has 0 unspecified atom stereocenters. The van der Waals surface area contributed by atoms with Crippen molar-refractivity contribution in [2.45, 2.75) is 31.6 Å². The second kappa shape index (κ2) is 6.60. The Hall–Kier alpha value is -2.42. The van der Waals surface area contributed by atoms with E-state index in [1.807, 2.05) is 0 Å². The van der Waals surface area contributed by atoms with Crippen molar-refractivity contribution in [1.29, 1.82) is 0 Å². The summed E-state index contributed by atoms with van der Waals surface area (Å²) in [6.45, 7) is 3.58. The number of hydrogen-bond acceptors (Lipinski definition) is 4. The van der Waals surface area contributed by atoms with E-state index in [0.717, 1.165) is 18.2 Å². The van der Waals surface area contributed by atoms with Gasteiger partial charge in [-0.05, 0) is 31.0 Å².